The Morgan fingerprint density at radius 1 is 1.17 bits per heavy atom. The summed E-state index contributed by atoms with van der Waals surface area (Å²) in [7, 11) is 0. The Bertz CT molecular complexity index is 1060. The molecule has 0 radical (unpaired) electrons. The summed E-state index contributed by atoms with van der Waals surface area (Å²) in [5.74, 6) is 1.40. The summed E-state index contributed by atoms with van der Waals surface area (Å²) in [6.07, 6.45) is 12.0. The number of hydrogen-bond donors (Lipinski definition) is 1. The molecular weight excluding hydrogens is 364 g/mol. The van der Waals surface area contributed by atoms with E-state index in [9.17, 15) is 4.79 Å². The Morgan fingerprint density at radius 2 is 1.97 bits per heavy atom. The van der Waals surface area contributed by atoms with Gasteiger partial charge in [0.05, 0.1) is 22.9 Å². The highest BCUT2D eigenvalue weighted by Gasteiger charge is 2.59. The number of rotatable bonds is 4. The van der Waals surface area contributed by atoms with Gasteiger partial charge in [0.25, 0.3) is 0 Å². The number of aromatic nitrogens is 5. The minimum absolute atomic E-state index is 0.0127. The van der Waals surface area contributed by atoms with E-state index in [1.807, 2.05) is 42.1 Å². The average molecular weight is 390 g/mol. The third-order valence-corrected chi connectivity index (χ3v) is 7.60. The van der Waals surface area contributed by atoms with Gasteiger partial charge in [-0.1, -0.05) is 12.1 Å². The molecule has 2 heterocycles. The standard InChI is InChI=1S/C22H26N6O/c1-15(27-14-24-18-4-2-3-5-19(18)27)20(29)26-21-7-16-6-17(8-21)10-22(9-16,11-21)28-13-23-12-25-28/h2-5,12-17H,6-11H2,1H3,(H,26,29). The smallest absolute Gasteiger partial charge is 0.243 e. The van der Waals surface area contributed by atoms with Crippen molar-refractivity contribution in [3.05, 3.63) is 43.2 Å². The molecule has 4 saturated carbocycles. The van der Waals surface area contributed by atoms with Gasteiger partial charge >= 0.3 is 0 Å². The van der Waals surface area contributed by atoms with Crippen LogP contribution in [0.3, 0.4) is 0 Å². The van der Waals surface area contributed by atoms with Crippen LogP contribution in [0.2, 0.25) is 0 Å². The number of para-hydroxylation sites is 2. The van der Waals surface area contributed by atoms with Crippen LogP contribution in [0, 0.1) is 11.8 Å². The minimum atomic E-state index is -0.294. The van der Waals surface area contributed by atoms with Crippen molar-refractivity contribution in [1.29, 1.82) is 0 Å². The van der Waals surface area contributed by atoms with Crippen molar-refractivity contribution in [2.24, 2.45) is 11.8 Å². The number of nitrogens with zero attached hydrogens (tertiary/aromatic N) is 5. The van der Waals surface area contributed by atoms with Crippen LogP contribution in [-0.2, 0) is 10.3 Å². The van der Waals surface area contributed by atoms with Crippen LogP contribution in [0.5, 0.6) is 0 Å². The zero-order chi connectivity index (χ0) is 19.6. The molecule has 4 bridgehead atoms. The van der Waals surface area contributed by atoms with E-state index in [-0.39, 0.29) is 23.0 Å². The quantitative estimate of drug-likeness (QED) is 0.743. The molecule has 0 saturated heterocycles. The maximum Gasteiger partial charge on any atom is 0.243 e. The maximum atomic E-state index is 13.4. The zero-order valence-electron chi connectivity index (χ0n) is 16.7. The number of imidazole rings is 1. The summed E-state index contributed by atoms with van der Waals surface area (Å²) in [5.41, 5.74) is 1.81. The van der Waals surface area contributed by atoms with Gasteiger partial charge in [0.15, 0.2) is 0 Å². The molecule has 1 amide bonds. The predicted molar refractivity (Wildman–Crippen MR) is 108 cm³/mol. The van der Waals surface area contributed by atoms with Gasteiger partial charge < -0.3 is 9.88 Å². The van der Waals surface area contributed by atoms with Crippen LogP contribution < -0.4 is 5.32 Å². The first-order valence-electron chi connectivity index (χ1n) is 10.6. The summed E-state index contributed by atoms with van der Waals surface area (Å²) in [4.78, 5) is 22.0. The second-order valence-electron chi connectivity index (χ2n) is 9.61. The van der Waals surface area contributed by atoms with Crippen LogP contribution in [0.4, 0.5) is 0 Å². The number of benzene rings is 1. The number of carbonyl (C=O) groups excluding carboxylic acids is 1. The van der Waals surface area contributed by atoms with E-state index in [4.69, 9.17) is 0 Å². The molecule has 29 heavy (non-hydrogen) atoms. The fourth-order valence-corrected chi connectivity index (χ4v) is 6.86. The highest BCUT2D eigenvalue weighted by molar-refractivity contribution is 5.84. The lowest BCUT2D eigenvalue weighted by Gasteiger charge is -2.61. The van der Waals surface area contributed by atoms with Crippen LogP contribution >= 0.6 is 0 Å². The van der Waals surface area contributed by atoms with Crippen molar-refractivity contribution in [1.82, 2.24) is 29.6 Å². The van der Waals surface area contributed by atoms with Crippen LogP contribution in [-0.4, -0.2) is 35.8 Å². The molecule has 0 spiro atoms. The van der Waals surface area contributed by atoms with Crippen molar-refractivity contribution in [2.75, 3.05) is 0 Å². The number of amides is 1. The number of fused-ring (bicyclic) bond motifs is 1. The largest absolute Gasteiger partial charge is 0.349 e. The van der Waals surface area contributed by atoms with E-state index >= 15 is 0 Å². The molecule has 2 aromatic heterocycles. The highest BCUT2D eigenvalue weighted by atomic mass is 16.2. The van der Waals surface area contributed by atoms with Crippen LogP contribution in [0.1, 0.15) is 51.5 Å². The predicted octanol–water partition coefficient (Wildman–Crippen LogP) is 3.05. The maximum absolute atomic E-state index is 13.4. The number of carbonyl (C=O) groups is 1. The molecule has 3 unspecified atom stereocenters. The van der Waals surface area contributed by atoms with Crippen LogP contribution in [0.15, 0.2) is 43.2 Å². The average Bonchev–Trinajstić information content (AvgIpc) is 3.36. The molecule has 1 N–H and O–H groups in total. The molecule has 4 aliphatic carbocycles. The topological polar surface area (TPSA) is 77.6 Å². The number of nitrogens with one attached hydrogen (secondary N) is 1. The monoisotopic (exact) mass is 390 g/mol. The fourth-order valence-electron chi connectivity index (χ4n) is 6.86. The molecule has 0 aliphatic heterocycles. The highest BCUT2D eigenvalue weighted by Crippen LogP contribution is 2.60. The molecule has 7 nitrogen and oxygen atoms in total. The van der Waals surface area contributed by atoms with Gasteiger partial charge in [0.2, 0.25) is 5.91 Å². The molecule has 1 aromatic carbocycles. The SMILES string of the molecule is CC(C(=O)NC12CC3CC(C1)CC(n1cncn1)(C3)C2)n1cnc2ccccc21. The van der Waals surface area contributed by atoms with Crippen molar-refractivity contribution in [3.8, 4) is 0 Å². The summed E-state index contributed by atoms with van der Waals surface area (Å²) < 4.78 is 4.07. The molecule has 7 heteroatoms. The Kier molecular flexibility index (Phi) is 3.50. The van der Waals surface area contributed by atoms with Crippen molar-refractivity contribution >= 4 is 16.9 Å². The van der Waals surface area contributed by atoms with Gasteiger partial charge in [-0.05, 0) is 69.4 Å². The van der Waals surface area contributed by atoms with E-state index in [0.717, 1.165) is 43.1 Å². The first kappa shape index (κ1) is 17.2. The Morgan fingerprint density at radius 3 is 2.72 bits per heavy atom. The Labute approximate surface area is 169 Å². The van der Waals surface area contributed by atoms with E-state index in [1.54, 1.807) is 12.7 Å². The molecular formula is C22H26N6O. The fraction of sp³-hybridized carbons (Fsp3) is 0.545. The summed E-state index contributed by atoms with van der Waals surface area (Å²) in [6, 6.07) is 7.68. The lowest BCUT2D eigenvalue weighted by Crippen LogP contribution is -2.66. The molecule has 4 fully saturated rings. The lowest BCUT2D eigenvalue weighted by molar-refractivity contribution is -0.133. The molecule has 150 valence electrons. The van der Waals surface area contributed by atoms with E-state index in [2.05, 4.69) is 25.1 Å². The van der Waals surface area contributed by atoms with E-state index in [0.29, 0.717) is 11.8 Å². The summed E-state index contributed by atoms with van der Waals surface area (Å²) in [6.45, 7) is 1.97. The number of hydrogen-bond acceptors (Lipinski definition) is 4. The molecule has 7 rings (SSSR count). The van der Waals surface area contributed by atoms with E-state index < -0.39 is 0 Å². The van der Waals surface area contributed by atoms with Gasteiger partial charge in [-0.15, -0.1) is 0 Å². The second-order valence-corrected chi connectivity index (χ2v) is 9.61. The summed E-state index contributed by atoms with van der Waals surface area (Å²) >= 11 is 0. The molecule has 4 aliphatic rings. The van der Waals surface area contributed by atoms with Crippen molar-refractivity contribution < 1.29 is 4.79 Å². The van der Waals surface area contributed by atoms with Gasteiger partial charge in [-0.25, -0.2) is 14.6 Å². The van der Waals surface area contributed by atoms with Gasteiger partial charge in [0.1, 0.15) is 18.7 Å². The first-order chi connectivity index (χ1) is 14.1. The lowest BCUT2D eigenvalue weighted by atomic mass is 9.50. The van der Waals surface area contributed by atoms with Crippen molar-refractivity contribution in [3.63, 3.8) is 0 Å². The Balaban J connectivity index is 1.29. The normalized spacial score (nSPS) is 33.8. The molecule has 3 aromatic rings. The summed E-state index contributed by atoms with van der Waals surface area (Å²) in [5, 5.41) is 8.02. The van der Waals surface area contributed by atoms with E-state index in [1.165, 1.54) is 6.42 Å². The van der Waals surface area contributed by atoms with Crippen molar-refractivity contribution in [2.45, 2.75) is 62.6 Å². The minimum Gasteiger partial charge on any atom is -0.349 e. The third kappa shape index (κ3) is 2.56. The third-order valence-electron chi connectivity index (χ3n) is 7.60. The second kappa shape index (κ2) is 5.90. The van der Waals surface area contributed by atoms with Crippen LogP contribution in [0.25, 0.3) is 11.0 Å². The zero-order valence-corrected chi connectivity index (χ0v) is 16.7. The van der Waals surface area contributed by atoms with Gasteiger partial charge in [-0.2, -0.15) is 5.10 Å². The van der Waals surface area contributed by atoms with Gasteiger partial charge in [0, 0.05) is 5.54 Å². The molecule has 3 atom stereocenters. The Hall–Kier alpha value is -2.70. The van der Waals surface area contributed by atoms with Gasteiger partial charge in [-0.3, -0.25) is 4.79 Å². The first-order valence-corrected chi connectivity index (χ1v) is 10.6.